The van der Waals surface area contributed by atoms with Gasteiger partial charge >= 0.3 is 0 Å². The van der Waals surface area contributed by atoms with E-state index in [0.29, 0.717) is 5.56 Å². The Labute approximate surface area is 122 Å². The summed E-state index contributed by atoms with van der Waals surface area (Å²) in [6.45, 7) is 1.72. The number of pyridine rings is 1. The number of nitrogen functional groups attached to an aromatic ring is 1. The standard InChI is InChI=1S/C14H18N6O/c1-20-8-10(6-18-20)9-4-12(13(15)17-5-9)14(21)19-11-2-3-16-7-11/h4-6,8,11,16H,2-3,7H2,1H3,(H2,15,17)(H,19,21)/t11-/m1/s1. The molecular formula is C14H18N6O. The Morgan fingerprint density at radius 3 is 3.00 bits per heavy atom. The lowest BCUT2D eigenvalue weighted by atomic mass is 10.1. The van der Waals surface area contributed by atoms with Crippen LogP contribution in [0, 0.1) is 0 Å². The molecule has 0 aliphatic carbocycles. The molecule has 110 valence electrons. The van der Waals surface area contributed by atoms with Gasteiger partial charge in [-0.15, -0.1) is 0 Å². The third-order valence-corrected chi connectivity index (χ3v) is 3.60. The van der Waals surface area contributed by atoms with Crippen molar-refractivity contribution in [2.24, 2.45) is 7.05 Å². The molecule has 7 nitrogen and oxygen atoms in total. The highest BCUT2D eigenvalue weighted by atomic mass is 16.1. The largest absolute Gasteiger partial charge is 0.383 e. The lowest BCUT2D eigenvalue weighted by Gasteiger charge is -2.12. The fourth-order valence-corrected chi connectivity index (χ4v) is 2.43. The molecule has 3 rings (SSSR count). The van der Waals surface area contributed by atoms with Crippen LogP contribution in [0.4, 0.5) is 5.82 Å². The van der Waals surface area contributed by atoms with Crippen LogP contribution in [0.3, 0.4) is 0 Å². The predicted molar refractivity (Wildman–Crippen MR) is 79.6 cm³/mol. The summed E-state index contributed by atoms with van der Waals surface area (Å²) in [6.07, 6.45) is 6.19. The van der Waals surface area contributed by atoms with E-state index in [1.54, 1.807) is 23.1 Å². The maximum Gasteiger partial charge on any atom is 0.255 e. The van der Waals surface area contributed by atoms with Crippen LogP contribution >= 0.6 is 0 Å². The summed E-state index contributed by atoms with van der Waals surface area (Å²) in [4.78, 5) is 16.5. The lowest BCUT2D eigenvalue weighted by molar-refractivity contribution is 0.0940. The molecule has 7 heteroatoms. The van der Waals surface area contributed by atoms with Crippen molar-refractivity contribution in [2.75, 3.05) is 18.8 Å². The van der Waals surface area contributed by atoms with Gasteiger partial charge in [0.25, 0.3) is 5.91 Å². The molecule has 1 fully saturated rings. The molecule has 21 heavy (non-hydrogen) atoms. The van der Waals surface area contributed by atoms with Gasteiger partial charge in [0.2, 0.25) is 0 Å². The Morgan fingerprint density at radius 1 is 1.48 bits per heavy atom. The summed E-state index contributed by atoms with van der Waals surface area (Å²) in [5.41, 5.74) is 7.98. The van der Waals surface area contributed by atoms with E-state index in [1.807, 2.05) is 13.2 Å². The number of hydrogen-bond donors (Lipinski definition) is 3. The number of hydrogen-bond acceptors (Lipinski definition) is 5. The number of anilines is 1. The van der Waals surface area contributed by atoms with Crippen LogP contribution in [-0.2, 0) is 7.05 Å². The molecule has 1 saturated heterocycles. The van der Waals surface area contributed by atoms with Gasteiger partial charge in [-0.25, -0.2) is 4.98 Å². The van der Waals surface area contributed by atoms with E-state index in [2.05, 4.69) is 20.7 Å². The molecule has 4 N–H and O–H groups in total. The van der Waals surface area contributed by atoms with Crippen LogP contribution in [0.2, 0.25) is 0 Å². The number of nitrogens with two attached hydrogens (primary N) is 1. The highest BCUT2D eigenvalue weighted by Crippen LogP contribution is 2.21. The van der Waals surface area contributed by atoms with Crippen LogP contribution in [0.15, 0.2) is 24.7 Å². The average Bonchev–Trinajstić information content (AvgIpc) is 3.11. The molecule has 3 heterocycles. The first-order valence-corrected chi connectivity index (χ1v) is 6.89. The fraction of sp³-hybridized carbons (Fsp3) is 0.357. The van der Waals surface area contributed by atoms with Crippen LogP contribution in [-0.4, -0.2) is 39.8 Å². The predicted octanol–water partition coefficient (Wildman–Crippen LogP) is 0.156. The number of aryl methyl sites for hydroxylation is 1. The highest BCUT2D eigenvalue weighted by Gasteiger charge is 2.20. The van der Waals surface area contributed by atoms with Crippen molar-refractivity contribution in [2.45, 2.75) is 12.5 Å². The highest BCUT2D eigenvalue weighted by molar-refractivity contribution is 5.99. The number of amides is 1. The van der Waals surface area contributed by atoms with Gasteiger partial charge < -0.3 is 16.4 Å². The third-order valence-electron chi connectivity index (χ3n) is 3.60. The van der Waals surface area contributed by atoms with Gasteiger partial charge in [-0.3, -0.25) is 9.48 Å². The Bertz CT molecular complexity index is 659. The summed E-state index contributed by atoms with van der Waals surface area (Å²) in [7, 11) is 1.84. The Kier molecular flexibility index (Phi) is 3.57. The lowest BCUT2D eigenvalue weighted by Crippen LogP contribution is -2.36. The molecule has 0 unspecified atom stereocenters. The van der Waals surface area contributed by atoms with Gasteiger partial charge in [0, 0.05) is 43.2 Å². The van der Waals surface area contributed by atoms with Crippen LogP contribution in [0.25, 0.3) is 11.1 Å². The van der Waals surface area contributed by atoms with E-state index in [0.717, 1.165) is 30.6 Å². The Morgan fingerprint density at radius 2 is 2.33 bits per heavy atom. The first-order valence-electron chi connectivity index (χ1n) is 6.89. The minimum absolute atomic E-state index is 0.152. The molecule has 1 aliphatic heterocycles. The molecule has 0 saturated carbocycles. The average molecular weight is 286 g/mol. The quantitative estimate of drug-likeness (QED) is 0.746. The van der Waals surface area contributed by atoms with Crippen molar-refractivity contribution < 1.29 is 4.79 Å². The number of aromatic nitrogens is 3. The Hall–Kier alpha value is -2.41. The minimum Gasteiger partial charge on any atom is -0.383 e. The van der Waals surface area contributed by atoms with E-state index in [9.17, 15) is 4.79 Å². The van der Waals surface area contributed by atoms with E-state index < -0.39 is 0 Å². The van der Waals surface area contributed by atoms with Gasteiger partial charge in [0.05, 0.1) is 11.8 Å². The molecule has 2 aromatic rings. The van der Waals surface area contributed by atoms with Crippen molar-refractivity contribution in [1.29, 1.82) is 0 Å². The molecule has 0 spiro atoms. The zero-order valence-corrected chi connectivity index (χ0v) is 11.8. The molecule has 0 radical (unpaired) electrons. The van der Waals surface area contributed by atoms with Crippen molar-refractivity contribution in [3.8, 4) is 11.1 Å². The van der Waals surface area contributed by atoms with Crippen molar-refractivity contribution >= 4 is 11.7 Å². The van der Waals surface area contributed by atoms with Crippen LogP contribution in [0.1, 0.15) is 16.8 Å². The smallest absolute Gasteiger partial charge is 0.255 e. The second-order valence-corrected chi connectivity index (χ2v) is 5.22. The molecule has 1 aliphatic rings. The minimum atomic E-state index is -0.181. The molecular weight excluding hydrogens is 268 g/mol. The maximum atomic E-state index is 12.3. The topological polar surface area (TPSA) is 97.9 Å². The van der Waals surface area contributed by atoms with Gasteiger partial charge in [-0.05, 0) is 19.0 Å². The monoisotopic (exact) mass is 286 g/mol. The maximum absolute atomic E-state index is 12.3. The van der Waals surface area contributed by atoms with E-state index in [-0.39, 0.29) is 17.8 Å². The third kappa shape index (κ3) is 2.87. The second kappa shape index (κ2) is 5.53. The number of rotatable bonds is 3. The first-order chi connectivity index (χ1) is 10.1. The first kappa shape index (κ1) is 13.6. The van der Waals surface area contributed by atoms with Crippen molar-refractivity contribution in [1.82, 2.24) is 25.4 Å². The number of nitrogens with zero attached hydrogens (tertiary/aromatic N) is 3. The zero-order chi connectivity index (χ0) is 14.8. The van der Waals surface area contributed by atoms with Gasteiger partial charge in [-0.1, -0.05) is 0 Å². The molecule has 0 aromatic carbocycles. The van der Waals surface area contributed by atoms with Crippen molar-refractivity contribution in [3.05, 3.63) is 30.2 Å². The van der Waals surface area contributed by atoms with E-state index in [1.165, 1.54) is 0 Å². The molecule has 0 bridgehead atoms. The second-order valence-electron chi connectivity index (χ2n) is 5.22. The number of carbonyl (C=O) groups excluding carboxylic acids is 1. The zero-order valence-electron chi connectivity index (χ0n) is 11.8. The molecule has 2 aromatic heterocycles. The summed E-state index contributed by atoms with van der Waals surface area (Å²) < 4.78 is 1.70. The van der Waals surface area contributed by atoms with Crippen LogP contribution in [0.5, 0.6) is 0 Å². The molecule has 1 amide bonds. The van der Waals surface area contributed by atoms with Gasteiger partial charge in [-0.2, -0.15) is 5.10 Å². The normalized spacial score (nSPS) is 17.9. The molecule has 1 atom stereocenters. The fourth-order valence-electron chi connectivity index (χ4n) is 2.43. The summed E-state index contributed by atoms with van der Waals surface area (Å²) in [6, 6.07) is 1.91. The van der Waals surface area contributed by atoms with Crippen molar-refractivity contribution in [3.63, 3.8) is 0 Å². The van der Waals surface area contributed by atoms with Gasteiger partial charge in [0.1, 0.15) is 5.82 Å². The van der Waals surface area contributed by atoms with Crippen LogP contribution < -0.4 is 16.4 Å². The van der Waals surface area contributed by atoms with Gasteiger partial charge in [0.15, 0.2) is 0 Å². The SMILES string of the molecule is Cn1cc(-c2cnc(N)c(C(=O)N[C@@H]3CCNC3)c2)cn1. The summed E-state index contributed by atoms with van der Waals surface area (Å²) in [5, 5.41) is 10.3. The summed E-state index contributed by atoms with van der Waals surface area (Å²) in [5.74, 6) is 0.0607. The Balaban J connectivity index is 1.85. The summed E-state index contributed by atoms with van der Waals surface area (Å²) >= 11 is 0. The number of nitrogens with one attached hydrogen (secondary N) is 2. The van der Waals surface area contributed by atoms with E-state index in [4.69, 9.17) is 5.73 Å². The van der Waals surface area contributed by atoms with E-state index >= 15 is 0 Å². The number of carbonyl (C=O) groups is 1.